The highest BCUT2D eigenvalue weighted by Gasteiger charge is 2.42. The van der Waals surface area contributed by atoms with Gasteiger partial charge in [0.05, 0.1) is 6.54 Å². The summed E-state index contributed by atoms with van der Waals surface area (Å²) in [6, 6.07) is 8.66. The molecule has 0 radical (unpaired) electrons. The summed E-state index contributed by atoms with van der Waals surface area (Å²) in [5.41, 5.74) is -1.59. The summed E-state index contributed by atoms with van der Waals surface area (Å²) in [5, 5.41) is 15.9. The van der Waals surface area contributed by atoms with Crippen LogP contribution in [0.2, 0.25) is 0 Å². The van der Waals surface area contributed by atoms with Gasteiger partial charge in [-0.3, -0.25) is 4.90 Å². The van der Waals surface area contributed by atoms with Crippen molar-refractivity contribution in [2.24, 2.45) is 0 Å². The number of hydrogen-bond donors (Lipinski definition) is 1. The lowest BCUT2D eigenvalue weighted by atomic mass is 9.85. The van der Waals surface area contributed by atoms with Crippen molar-refractivity contribution in [3.63, 3.8) is 0 Å². The first kappa shape index (κ1) is 21.3. The molecule has 2 atom stereocenters. The van der Waals surface area contributed by atoms with E-state index in [0.29, 0.717) is 6.54 Å². The van der Waals surface area contributed by atoms with Gasteiger partial charge in [-0.2, -0.15) is 5.10 Å². The van der Waals surface area contributed by atoms with Gasteiger partial charge in [0.1, 0.15) is 35.7 Å². The molecule has 31 heavy (non-hydrogen) atoms. The van der Waals surface area contributed by atoms with E-state index in [4.69, 9.17) is 0 Å². The molecule has 0 aliphatic carbocycles. The van der Waals surface area contributed by atoms with Crippen molar-refractivity contribution in [2.75, 3.05) is 31.1 Å². The lowest BCUT2D eigenvalue weighted by molar-refractivity contribution is -0.0622. The summed E-state index contributed by atoms with van der Waals surface area (Å²) in [6.45, 7) is 4.83. The third kappa shape index (κ3) is 4.57. The summed E-state index contributed by atoms with van der Waals surface area (Å²) >= 11 is 0. The highest BCUT2D eigenvalue weighted by molar-refractivity contribution is 5.37. The number of nitrogens with zero attached hydrogens (tertiary/aromatic N) is 6. The second-order valence-corrected chi connectivity index (χ2v) is 7.88. The van der Waals surface area contributed by atoms with Gasteiger partial charge in [0, 0.05) is 50.0 Å². The third-order valence-corrected chi connectivity index (χ3v) is 6.01. The normalized spacial score (nSPS) is 18.4. The van der Waals surface area contributed by atoms with Crippen molar-refractivity contribution < 1.29 is 13.9 Å². The molecule has 0 saturated carbocycles. The van der Waals surface area contributed by atoms with Gasteiger partial charge in [-0.15, -0.1) is 0 Å². The molecule has 2 unspecified atom stereocenters. The minimum absolute atomic E-state index is 0.00280. The first-order valence-electron chi connectivity index (χ1n) is 10.4. The molecule has 164 valence electrons. The molecule has 3 heterocycles. The van der Waals surface area contributed by atoms with Crippen LogP contribution in [0.1, 0.15) is 18.9 Å². The molecule has 1 saturated heterocycles. The number of rotatable bonds is 6. The molecular formula is C22H26F2N6O. The Morgan fingerprint density at radius 3 is 2.71 bits per heavy atom. The fourth-order valence-corrected chi connectivity index (χ4v) is 4.24. The minimum Gasteiger partial charge on any atom is -0.381 e. The first-order chi connectivity index (χ1) is 15.0. The van der Waals surface area contributed by atoms with E-state index in [1.54, 1.807) is 6.20 Å². The largest absolute Gasteiger partial charge is 0.381 e. The molecule has 2 aromatic heterocycles. The Kier molecular flexibility index (Phi) is 6.24. The van der Waals surface area contributed by atoms with Gasteiger partial charge in [-0.05, 0) is 31.5 Å². The molecule has 3 aromatic rings. The summed E-state index contributed by atoms with van der Waals surface area (Å²) in [5.74, 6) is -0.545. The van der Waals surface area contributed by atoms with Crippen LogP contribution in [0, 0.1) is 11.6 Å². The van der Waals surface area contributed by atoms with Crippen molar-refractivity contribution in [1.82, 2.24) is 24.6 Å². The van der Waals surface area contributed by atoms with E-state index in [1.807, 2.05) is 25.1 Å². The zero-order valence-corrected chi connectivity index (χ0v) is 17.4. The van der Waals surface area contributed by atoms with Gasteiger partial charge in [-0.25, -0.2) is 23.4 Å². The summed E-state index contributed by atoms with van der Waals surface area (Å²) in [6.07, 6.45) is 5.48. The van der Waals surface area contributed by atoms with Crippen LogP contribution < -0.4 is 4.90 Å². The Labute approximate surface area is 180 Å². The third-order valence-electron chi connectivity index (χ3n) is 6.01. The lowest BCUT2D eigenvalue weighted by Gasteiger charge is -2.41. The zero-order chi connectivity index (χ0) is 21.8. The monoisotopic (exact) mass is 428 g/mol. The minimum atomic E-state index is -1.63. The Morgan fingerprint density at radius 2 is 2.00 bits per heavy atom. The van der Waals surface area contributed by atoms with Crippen molar-refractivity contribution in [3.8, 4) is 0 Å². The van der Waals surface area contributed by atoms with E-state index in [2.05, 4.69) is 24.9 Å². The van der Waals surface area contributed by atoms with Crippen molar-refractivity contribution in [2.45, 2.75) is 31.5 Å². The molecule has 1 aromatic carbocycles. The van der Waals surface area contributed by atoms with Crippen LogP contribution in [-0.2, 0) is 12.1 Å². The van der Waals surface area contributed by atoms with E-state index >= 15 is 0 Å². The van der Waals surface area contributed by atoms with Crippen LogP contribution in [0.5, 0.6) is 0 Å². The molecule has 0 spiro atoms. The predicted molar refractivity (Wildman–Crippen MR) is 112 cm³/mol. The first-order valence-corrected chi connectivity index (χ1v) is 10.4. The summed E-state index contributed by atoms with van der Waals surface area (Å²) in [7, 11) is 0. The van der Waals surface area contributed by atoms with Gasteiger partial charge in [-0.1, -0.05) is 12.1 Å². The fraction of sp³-hybridized carbons (Fsp3) is 0.409. The van der Waals surface area contributed by atoms with Crippen molar-refractivity contribution in [1.29, 1.82) is 0 Å². The number of aromatic nitrogens is 4. The molecule has 1 aliphatic rings. The average Bonchev–Trinajstić information content (AvgIpc) is 3.14. The van der Waals surface area contributed by atoms with Crippen LogP contribution in [0.15, 0.2) is 55.2 Å². The van der Waals surface area contributed by atoms with Gasteiger partial charge in [0.15, 0.2) is 0 Å². The average molecular weight is 428 g/mol. The van der Waals surface area contributed by atoms with Crippen LogP contribution in [-0.4, -0.2) is 62.0 Å². The van der Waals surface area contributed by atoms with Gasteiger partial charge >= 0.3 is 0 Å². The number of hydrogen-bond acceptors (Lipinski definition) is 6. The topological polar surface area (TPSA) is 70.3 Å². The maximum atomic E-state index is 14.8. The van der Waals surface area contributed by atoms with Crippen LogP contribution in [0.4, 0.5) is 14.6 Å². The van der Waals surface area contributed by atoms with Gasteiger partial charge in [0.2, 0.25) is 0 Å². The molecule has 0 bridgehead atoms. The summed E-state index contributed by atoms with van der Waals surface area (Å²) < 4.78 is 29.8. The molecule has 9 heteroatoms. The number of halogens is 2. The van der Waals surface area contributed by atoms with E-state index in [0.717, 1.165) is 37.9 Å². The Hall–Kier alpha value is -2.91. The maximum Gasteiger partial charge on any atom is 0.137 e. The molecule has 4 rings (SSSR count). The smallest absolute Gasteiger partial charge is 0.137 e. The molecule has 0 amide bonds. The van der Waals surface area contributed by atoms with E-state index in [-0.39, 0.29) is 12.1 Å². The Morgan fingerprint density at radius 1 is 1.13 bits per heavy atom. The number of anilines is 1. The fourth-order valence-electron chi connectivity index (χ4n) is 4.24. The SMILES string of the molecule is CC(N1CCCN(c2ccccn2)CC1)C(O)(Cn1cncn1)c1ccc(F)cc1F. The van der Waals surface area contributed by atoms with Crippen molar-refractivity contribution >= 4 is 5.82 Å². The molecule has 1 N–H and O–H groups in total. The zero-order valence-electron chi connectivity index (χ0n) is 17.4. The van der Waals surface area contributed by atoms with Crippen molar-refractivity contribution in [3.05, 3.63) is 72.4 Å². The number of pyridine rings is 1. The second kappa shape index (κ2) is 9.07. The quantitative estimate of drug-likeness (QED) is 0.650. The highest BCUT2D eigenvalue weighted by atomic mass is 19.1. The van der Waals surface area contributed by atoms with Crippen LogP contribution >= 0.6 is 0 Å². The maximum absolute atomic E-state index is 14.8. The van der Waals surface area contributed by atoms with Gasteiger partial charge in [0.25, 0.3) is 0 Å². The molecule has 1 fully saturated rings. The van der Waals surface area contributed by atoms with E-state index in [9.17, 15) is 13.9 Å². The Bertz CT molecular complexity index is 987. The van der Waals surface area contributed by atoms with Crippen LogP contribution in [0.3, 0.4) is 0 Å². The highest BCUT2D eigenvalue weighted by Crippen LogP contribution is 2.33. The number of benzene rings is 1. The number of aliphatic hydroxyl groups is 1. The Balaban J connectivity index is 1.60. The summed E-state index contributed by atoms with van der Waals surface area (Å²) in [4.78, 5) is 12.7. The molecule has 1 aliphatic heterocycles. The van der Waals surface area contributed by atoms with Crippen LogP contribution in [0.25, 0.3) is 0 Å². The molecular weight excluding hydrogens is 402 g/mol. The standard InChI is InChI=1S/C22H26F2N6O/c1-17(28-9-4-10-29(12-11-28)21-5-2-3-8-26-21)22(31,14-30-16-25-15-27-30)19-7-6-18(23)13-20(19)24/h2-3,5-8,13,15-17,31H,4,9-12,14H2,1H3. The van der Waals surface area contributed by atoms with E-state index < -0.39 is 23.3 Å². The second-order valence-electron chi connectivity index (χ2n) is 7.88. The van der Waals surface area contributed by atoms with Gasteiger partial charge < -0.3 is 10.0 Å². The molecule has 7 nitrogen and oxygen atoms in total. The predicted octanol–water partition coefficient (Wildman–Crippen LogP) is 2.44. The van der Waals surface area contributed by atoms with E-state index in [1.165, 1.54) is 29.5 Å². The lowest BCUT2D eigenvalue weighted by Crippen LogP contribution is -2.53.